The number of hydrogen-bond acceptors (Lipinski definition) is 2. The van der Waals surface area contributed by atoms with Gasteiger partial charge in [0, 0.05) is 4.90 Å². The Labute approximate surface area is 63.4 Å². The van der Waals surface area contributed by atoms with Gasteiger partial charge >= 0.3 is 0 Å². The number of rotatable bonds is 2. The molecule has 2 heteroatoms. The summed E-state index contributed by atoms with van der Waals surface area (Å²) in [6, 6.07) is 11.0. The maximum Gasteiger partial charge on any atom is 0.0188 e. The van der Waals surface area contributed by atoms with Crippen LogP contribution in [0.15, 0.2) is 29.2 Å². The molecule has 0 saturated carbocycles. The van der Waals surface area contributed by atoms with Crippen LogP contribution in [0.2, 0.25) is 0 Å². The molecule has 47 valence electrons. The zero-order valence-corrected chi connectivity index (χ0v) is 6.76. The third kappa shape index (κ3) is 2.33. The highest BCUT2D eigenvalue weighted by Crippen LogP contribution is 2.27. The van der Waals surface area contributed by atoms with Crippen LogP contribution in [0.4, 0.5) is 0 Å². The van der Waals surface area contributed by atoms with Crippen LogP contribution >= 0.6 is 21.6 Å². The Bertz CT molecular complexity index is 160. The fourth-order valence-electron chi connectivity index (χ4n) is 0.525. The normalized spacial score (nSPS) is 9.44. The first kappa shape index (κ1) is 7.03. The maximum atomic E-state index is 3.01. The van der Waals surface area contributed by atoms with Gasteiger partial charge in [0.15, 0.2) is 0 Å². The van der Waals surface area contributed by atoms with Crippen molar-refractivity contribution in [3.8, 4) is 0 Å². The molecule has 1 radical (unpaired) electrons. The Morgan fingerprint density at radius 2 is 2.44 bits per heavy atom. The predicted octanol–water partition coefficient (Wildman–Crippen LogP) is 2.86. The third-order valence-electron chi connectivity index (χ3n) is 0.858. The van der Waals surface area contributed by atoms with Gasteiger partial charge in [-0.1, -0.05) is 33.7 Å². The highest BCUT2D eigenvalue weighted by Gasteiger charge is 1.86. The van der Waals surface area contributed by atoms with Crippen molar-refractivity contribution in [1.82, 2.24) is 0 Å². The molecule has 1 aromatic rings. The van der Waals surface area contributed by atoms with E-state index in [0.29, 0.717) is 0 Å². The summed E-state index contributed by atoms with van der Waals surface area (Å²) in [5.41, 5.74) is 0. The van der Waals surface area contributed by atoms with E-state index in [1.54, 1.807) is 21.6 Å². The minimum Gasteiger partial charge on any atom is -0.0924 e. The van der Waals surface area contributed by atoms with E-state index in [-0.39, 0.29) is 0 Å². The molecule has 0 unspecified atom stereocenters. The minimum atomic E-state index is 1.27. The van der Waals surface area contributed by atoms with Crippen LogP contribution in [0.3, 0.4) is 0 Å². The van der Waals surface area contributed by atoms with Gasteiger partial charge in [-0.05, 0) is 24.5 Å². The molecule has 1 rings (SSSR count). The molecule has 0 heterocycles. The Morgan fingerprint density at radius 3 is 3.00 bits per heavy atom. The van der Waals surface area contributed by atoms with E-state index >= 15 is 0 Å². The van der Waals surface area contributed by atoms with Gasteiger partial charge in [0.25, 0.3) is 0 Å². The molecule has 0 fully saturated rings. The Morgan fingerprint density at radius 1 is 1.56 bits per heavy atom. The van der Waals surface area contributed by atoms with E-state index in [0.717, 1.165) is 0 Å². The molecule has 0 aliphatic heterocycles. The molecule has 0 nitrogen and oxygen atoms in total. The highest BCUT2D eigenvalue weighted by atomic mass is 33.1. The van der Waals surface area contributed by atoms with Crippen LogP contribution in [0, 0.1) is 6.07 Å². The first-order valence-corrected chi connectivity index (χ1v) is 5.16. The monoisotopic (exact) mass is 155 g/mol. The quantitative estimate of drug-likeness (QED) is 0.602. The topological polar surface area (TPSA) is 0 Å². The molecule has 0 spiro atoms. The number of benzene rings is 1. The van der Waals surface area contributed by atoms with Crippen molar-refractivity contribution in [1.29, 1.82) is 0 Å². The van der Waals surface area contributed by atoms with Gasteiger partial charge in [-0.2, -0.15) is 0 Å². The molecular weight excluding hydrogens is 148 g/mol. The Hall–Kier alpha value is -0.0800. The molecule has 1 aromatic carbocycles. The summed E-state index contributed by atoms with van der Waals surface area (Å²) in [4.78, 5) is 1.27. The lowest BCUT2D eigenvalue weighted by Crippen LogP contribution is -1.62. The average molecular weight is 155 g/mol. The van der Waals surface area contributed by atoms with Crippen LogP contribution in [-0.4, -0.2) is 6.26 Å². The molecule has 0 aliphatic rings. The molecule has 0 N–H and O–H groups in total. The molecule has 0 amide bonds. The summed E-state index contributed by atoms with van der Waals surface area (Å²) in [5.74, 6) is 0. The average Bonchev–Trinajstić information content (AvgIpc) is 1.91. The van der Waals surface area contributed by atoms with E-state index in [2.05, 4.69) is 18.4 Å². The van der Waals surface area contributed by atoms with Crippen LogP contribution in [-0.2, 0) is 0 Å². The molecule has 0 aliphatic carbocycles. The zero-order valence-electron chi connectivity index (χ0n) is 5.13. The van der Waals surface area contributed by atoms with Crippen molar-refractivity contribution >= 4 is 21.6 Å². The Balaban J connectivity index is 2.61. The summed E-state index contributed by atoms with van der Waals surface area (Å²) < 4.78 is 0. The van der Waals surface area contributed by atoms with Crippen molar-refractivity contribution in [2.75, 3.05) is 6.26 Å². The van der Waals surface area contributed by atoms with Crippen LogP contribution < -0.4 is 0 Å². The predicted molar refractivity (Wildman–Crippen MR) is 44.7 cm³/mol. The van der Waals surface area contributed by atoms with Crippen molar-refractivity contribution in [2.24, 2.45) is 0 Å². The van der Waals surface area contributed by atoms with Gasteiger partial charge in [-0.3, -0.25) is 0 Å². The first-order valence-electron chi connectivity index (χ1n) is 2.60. The first-order chi connectivity index (χ1) is 4.43. The molecule has 9 heavy (non-hydrogen) atoms. The smallest absolute Gasteiger partial charge is 0.0188 e. The van der Waals surface area contributed by atoms with Crippen molar-refractivity contribution < 1.29 is 0 Å². The van der Waals surface area contributed by atoms with E-state index in [9.17, 15) is 0 Å². The molecule has 0 bridgehead atoms. The highest BCUT2D eigenvalue weighted by molar-refractivity contribution is 8.76. The second-order valence-electron chi connectivity index (χ2n) is 1.49. The van der Waals surface area contributed by atoms with E-state index in [1.807, 2.05) is 18.2 Å². The minimum absolute atomic E-state index is 1.27. The van der Waals surface area contributed by atoms with Crippen LogP contribution in [0.25, 0.3) is 0 Å². The number of hydrogen-bond donors (Lipinski definition) is 0. The molecular formula is C7H7S2. The van der Waals surface area contributed by atoms with E-state index < -0.39 is 0 Å². The van der Waals surface area contributed by atoms with Gasteiger partial charge in [0.05, 0.1) is 0 Å². The van der Waals surface area contributed by atoms with Crippen LogP contribution in [0.5, 0.6) is 0 Å². The van der Waals surface area contributed by atoms with Gasteiger partial charge in [0.2, 0.25) is 0 Å². The lowest BCUT2D eigenvalue weighted by molar-refractivity contribution is 1.47. The maximum absolute atomic E-state index is 3.01. The van der Waals surface area contributed by atoms with E-state index in [4.69, 9.17) is 0 Å². The lowest BCUT2D eigenvalue weighted by atomic mass is 10.4. The largest absolute Gasteiger partial charge is 0.0924 e. The van der Waals surface area contributed by atoms with Crippen molar-refractivity contribution in [3.63, 3.8) is 0 Å². The molecule has 0 atom stereocenters. The summed E-state index contributed by atoms with van der Waals surface area (Å²) in [6.07, 6.45) is 2.07. The third-order valence-corrected chi connectivity index (χ3v) is 2.55. The summed E-state index contributed by atoms with van der Waals surface area (Å²) in [6.45, 7) is 0. The van der Waals surface area contributed by atoms with Gasteiger partial charge in [-0.25, -0.2) is 0 Å². The SMILES string of the molecule is CSSc1c[c]ccc1. The van der Waals surface area contributed by atoms with Gasteiger partial charge in [0.1, 0.15) is 0 Å². The summed E-state index contributed by atoms with van der Waals surface area (Å²) in [5, 5.41) is 0. The lowest BCUT2D eigenvalue weighted by Gasteiger charge is -1.92. The van der Waals surface area contributed by atoms with Gasteiger partial charge < -0.3 is 0 Å². The molecule has 0 saturated heterocycles. The fourth-order valence-corrected chi connectivity index (χ4v) is 1.86. The fraction of sp³-hybridized carbons (Fsp3) is 0.143. The zero-order chi connectivity index (χ0) is 6.53. The van der Waals surface area contributed by atoms with Crippen molar-refractivity contribution in [2.45, 2.75) is 4.90 Å². The van der Waals surface area contributed by atoms with Crippen molar-refractivity contribution in [3.05, 3.63) is 30.3 Å². The van der Waals surface area contributed by atoms with E-state index in [1.165, 1.54) is 4.90 Å². The van der Waals surface area contributed by atoms with Crippen LogP contribution in [0.1, 0.15) is 0 Å². The summed E-state index contributed by atoms with van der Waals surface area (Å²) in [7, 11) is 3.51. The summed E-state index contributed by atoms with van der Waals surface area (Å²) >= 11 is 0. The second-order valence-corrected chi connectivity index (χ2v) is 3.96. The standard InChI is InChI=1S/C7H7S2/c1-8-9-7-5-3-2-4-6-7/h2-3,5-6H,1H3. The Kier molecular flexibility index (Phi) is 3.01. The molecule has 0 aromatic heterocycles. The van der Waals surface area contributed by atoms with Gasteiger partial charge in [-0.15, -0.1) is 0 Å². The second kappa shape index (κ2) is 3.85.